The van der Waals surface area contributed by atoms with Crippen LogP contribution >= 0.6 is 11.3 Å². The van der Waals surface area contributed by atoms with E-state index in [1.165, 1.54) is 11.3 Å². The molecule has 0 radical (unpaired) electrons. The first-order valence-electron chi connectivity index (χ1n) is 7.08. The molecule has 3 aromatic rings. The zero-order chi connectivity index (χ0) is 15.1. The summed E-state index contributed by atoms with van der Waals surface area (Å²) < 4.78 is 1.07. The van der Waals surface area contributed by atoms with Crippen LogP contribution in [0.5, 0.6) is 0 Å². The maximum atomic E-state index is 12.6. The van der Waals surface area contributed by atoms with Gasteiger partial charge in [-0.3, -0.25) is 9.69 Å². The molecule has 0 saturated carbocycles. The Morgan fingerprint density at radius 3 is 3.18 bits per heavy atom. The van der Waals surface area contributed by atoms with Gasteiger partial charge < -0.3 is 10.3 Å². The number of carbonyl (C=O) groups excluding carboxylic acids is 1. The van der Waals surface area contributed by atoms with Crippen LogP contribution in [0, 0.1) is 0 Å². The van der Waals surface area contributed by atoms with E-state index in [4.69, 9.17) is 0 Å². The van der Waals surface area contributed by atoms with Crippen LogP contribution in [0.1, 0.15) is 11.4 Å². The number of H-pyrrole nitrogens is 1. The quantitative estimate of drug-likeness (QED) is 0.759. The molecule has 22 heavy (non-hydrogen) atoms. The Bertz CT molecular complexity index is 806. The number of hydrogen-bond donors (Lipinski definition) is 2. The van der Waals surface area contributed by atoms with Gasteiger partial charge in [-0.05, 0) is 19.2 Å². The Hall–Kier alpha value is -2.25. The first-order valence-corrected chi connectivity index (χ1v) is 7.90. The number of thiazole rings is 1. The van der Waals surface area contributed by atoms with Crippen LogP contribution in [0.2, 0.25) is 0 Å². The summed E-state index contributed by atoms with van der Waals surface area (Å²) in [6.07, 6.45) is 2.30. The standard InChI is InChI=1S/C15H15N5OS/c1-20-7-11-10(16-8-17-11)6-12(20)14(21)19-15-18-9-4-2-3-5-13(9)22-15/h2-5,8,12H,6-7H2,1H3,(H,16,17)(H,18,19,21). The molecule has 2 aromatic heterocycles. The molecule has 1 aliphatic rings. The second-order valence-corrected chi connectivity index (χ2v) is 6.47. The first kappa shape index (κ1) is 13.4. The summed E-state index contributed by atoms with van der Waals surface area (Å²) in [5.74, 6) is -0.0322. The summed E-state index contributed by atoms with van der Waals surface area (Å²) in [4.78, 5) is 26.5. The molecule has 3 heterocycles. The highest BCUT2D eigenvalue weighted by Crippen LogP contribution is 2.26. The van der Waals surface area contributed by atoms with Gasteiger partial charge in [-0.25, -0.2) is 9.97 Å². The summed E-state index contributed by atoms with van der Waals surface area (Å²) >= 11 is 1.49. The molecule has 7 heteroatoms. The number of anilines is 1. The van der Waals surface area contributed by atoms with E-state index in [2.05, 4.69) is 20.3 Å². The molecule has 0 bridgehead atoms. The molecule has 0 fully saturated rings. The van der Waals surface area contributed by atoms with Crippen molar-refractivity contribution in [3.63, 3.8) is 0 Å². The molecule has 1 aliphatic heterocycles. The molecule has 0 aliphatic carbocycles. The van der Waals surface area contributed by atoms with Crippen LogP contribution in [-0.4, -0.2) is 38.8 Å². The van der Waals surface area contributed by atoms with Crippen molar-refractivity contribution in [1.82, 2.24) is 19.9 Å². The summed E-state index contributed by atoms with van der Waals surface area (Å²) in [5, 5.41) is 3.59. The number of imidazole rings is 1. The zero-order valence-electron chi connectivity index (χ0n) is 12.0. The maximum absolute atomic E-state index is 12.6. The van der Waals surface area contributed by atoms with Crippen molar-refractivity contribution in [2.75, 3.05) is 12.4 Å². The normalized spacial score (nSPS) is 18.3. The Kier molecular flexibility index (Phi) is 3.16. The van der Waals surface area contributed by atoms with Gasteiger partial charge in [-0.15, -0.1) is 0 Å². The number of rotatable bonds is 2. The number of hydrogen-bond acceptors (Lipinski definition) is 5. The van der Waals surface area contributed by atoms with E-state index in [0.29, 0.717) is 18.1 Å². The average Bonchev–Trinajstić information content (AvgIpc) is 3.11. The molecular weight excluding hydrogens is 298 g/mol. The number of aromatic nitrogens is 3. The molecule has 0 saturated heterocycles. The molecule has 1 aromatic carbocycles. The lowest BCUT2D eigenvalue weighted by atomic mass is 10.0. The summed E-state index contributed by atoms with van der Waals surface area (Å²) in [7, 11) is 1.95. The van der Waals surface area contributed by atoms with E-state index >= 15 is 0 Å². The highest BCUT2D eigenvalue weighted by atomic mass is 32.1. The zero-order valence-corrected chi connectivity index (χ0v) is 12.9. The minimum absolute atomic E-state index is 0.0322. The van der Waals surface area contributed by atoms with Gasteiger partial charge in [0.15, 0.2) is 5.13 Å². The highest BCUT2D eigenvalue weighted by molar-refractivity contribution is 7.22. The largest absolute Gasteiger partial charge is 0.347 e. The van der Waals surface area contributed by atoms with Gasteiger partial charge in [0.1, 0.15) is 0 Å². The number of fused-ring (bicyclic) bond motifs is 2. The van der Waals surface area contributed by atoms with Crippen molar-refractivity contribution >= 4 is 32.6 Å². The lowest BCUT2D eigenvalue weighted by Crippen LogP contribution is -2.45. The molecular formula is C15H15N5OS. The number of aromatic amines is 1. The van der Waals surface area contributed by atoms with Gasteiger partial charge in [-0.2, -0.15) is 0 Å². The van der Waals surface area contributed by atoms with Crippen LogP contribution < -0.4 is 5.32 Å². The maximum Gasteiger partial charge on any atom is 0.243 e. The molecule has 1 unspecified atom stereocenters. The van der Waals surface area contributed by atoms with Crippen molar-refractivity contribution in [2.24, 2.45) is 0 Å². The number of likely N-dealkylation sites (N-methyl/N-ethyl adjacent to an activating group) is 1. The van der Waals surface area contributed by atoms with Crippen molar-refractivity contribution in [1.29, 1.82) is 0 Å². The van der Waals surface area contributed by atoms with Gasteiger partial charge >= 0.3 is 0 Å². The lowest BCUT2D eigenvalue weighted by molar-refractivity contribution is -0.121. The van der Waals surface area contributed by atoms with Crippen molar-refractivity contribution in [2.45, 2.75) is 19.0 Å². The van der Waals surface area contributed by atoms with Gasteiger partial charge in [-0.1, -0.05) is 23.5 Å². The Morgan fingerprint density at radius 2 is 2.32 bits per heavy atom. The monoisotopic (exact) mass is 313 g/mol. The Balaban J connectivity index is 1.54. The van der Waals surface area contributed by atoms with E-state index in [0.717, 1.165) is 21.6 Å². The van der Waals surface area contributed by atoms with Gasteiger partial charge in [0.2, 0.25) is 5.91 Å². The number of carbonyl (C=O) groups is 1. The Morgan fingerprint density at radius 1 is 1.45 bits per heavy atom. The fourth-order valence-electron chi connectivity index (χ4n) is 2.77. The number of para-hydroxylation sites is 1. The fourth-order valence-corrected chi connectivity index (χ4v) is 3.64. The van der Waals surface area contributed by atoms with Crippen LogP contribution in [0.4, 0.5) is 5.13 Å². The van der Waals surface area contributed by atoms with E-state index in [1.54, 1.807) is 6.33 Å². The lowest BCUT2D eigenvalue weighted by Gasteiger charge is -2.30. The molecule has 6 nitrogen and oxygen atoms in total. The number of nitrogens with one attached hydrogen (secondary N) is 2. The van der Waals surface area contributed by atoms with Crippen molar-refractivity contribution in [3.05, 3.63) is 42.0 Å². The second kappa shape index (κ2) is 5.19. The minimum Gasteiger partial charge on any atom is -0.347 e. The predicted octanol–water partition coefficient (Wildman–Crippen LogP) is 2.01. The topological polar surface area (TPSA) is 73.9 Å². The van der Waals surface area contributed by atoms with E-state index in [-0.39, 0.29) is 11.9 Å². The second-order valence-electron chi connectivity index (χ2n) is 5.44. The molecule has 4 rings (SSSR count). The van der Waals surface area contributed by atoms with Crippen LogP contribution in [-0.2, 0) is 17.8 Å². The smallest absolute Gasteiger partial charge is 0.243 e. The average molecular weight is 313 g/mol. The van der Waals surface area contributed by atoms with E-state index in [9.17, 15) is 4.79 Å². The predicted molar refractivity (Wildman–Crippen MR) is 85.8 cm³/mol. The number of amides is 1. The van der Waals surface area contributed by atoms with Crippen LogP contribution in [0.3, 0.4) is 0 Å². The van der Waals surface area contributed by atoms with Crippen LogP contribution in [0.15, 0.2) is 30.6 Å². The van der Waals surface area contributed by atoms with Crippen molar-refractivity contribution < 1.29 is 4.79 Å². The molecule has 1 atom stereocenters. The third-order valence-electron chi connectivity index (χ3n) is 3.96. The fraction of sp³-hybridized carbons (Fsp3) is 0.267. The SMILES string of the molecule is CN1Cc2[nH]cnc2CC1C(=O)Nc1nc2ccccc2s1. The van der Waals surface area contributed by atoms with Crippen LogP contribution in [0.25, 0.3) is 10.2 Å². The number of nitrogens with zero attached hydrogens (tertiary/aromatic N) is 3. The van der Waals surface area contributed by atoms with E-state index < -0.39 is 0 Å². The molecule has 112 valence electrons. The first-order chi connectivity index (χ1) is 10.7. The van der Waals surface area contributed by atoms with Gasteiger partial charge in [0.05, 0.1) is 34.0 Å². The third kappa shape index (κ3) is 2.28. The minimum atomic E-state index is -0.220. The third-order valence-corrected chi connectivity index (χ3v) is 4.91. The highest BCUT2D eigenvalue weighted by Gasteiger charge is 2.31. The van der Waals surface area contributed by atoms with E-state index in [1.807, 2.05) is 36.2 Å². The van der Waals surface area contributed by atoms with Gasteiger partial charge in [0.25, 0.3) is 0 Å². The van der Waals surface area contributed by atoms with Gasteiger partial charge in [0, 0.05) is 13.0 Å². The molecule has 0 spiro atoms. The molecule has 2 N–H and O–H groups in total. The summed E-state index contributed by atoms with van der Waals surface area (Å²) in [6.45, 7) is 0.702. The summed E-state index contributed by atoms with van der Waals surface area (Å²) in [5.41, 5.74) is 2.98. The molecule has 1 amide bonds. The van der Waals surface area contributed by atoms with Crippen molar-refractivity contribution in [3.8, 4) is 0 Å². The number of benzene rings is 1. The Labute approximate surface area is 131 Å². The summed E-state index contributed by atoms with van der Waals surface area (Å²) in [6, 6.07) is 7.65.